The molecule has 134 valence electrons. The van der Waals surface area contributed by atoms with Gasteiger partial charge < -0.3 is 10.0 Å². The van der Waals surface area contributed by atoms with Crippen molar-refractivity contribution >= 4 is 5.91 Å². The molecule has 0 spiro atoms. The van der Waals surface area contributed by atoms with Crippen molar-refractivity contribution in [2.75, 3.05) is 6.54 Å². The van der Waals surface area contributed by atoms with Gasteiger partial charge in [-0.25, -0.2) is 4.39 Å². The number of hydrogen-bond acceptors (Lipinski definition) is 3. The number of benzene rings is 1. The van der Waals surface area contributed by atoms with Gasteiger partial charge in [-0.05, 0) is 51.3 Å². The molecule has 3 rings (SSSR count). The zero-order chi connectivity index (χ0) is 18.1. The molecule has 1 aliphatic carbocycles. The standard InChI is InChI=1S/C19H24FN3O2/c1-11(18-12(2)21-22-13(18)3)19(25)23(16-8-9-16)10-17(24)14-4-6-15(20)7-5-14/h4-7,11,16-17,24H,8-10H2,1-3H3,(H,21,22)/t11-,17-/m1/s1. The highest BCUT2D eigenvalue weighted by Gasteiger charge is 2.37. The predicted octanol–water partition coefficient (Wildman–Crippen LogP) is 2.99. The number of carbonyl (C=O) groups is 1. The van der Waals surface area contributed by atoms with Crippen LogP contribution >= 0.6 is 0 Å². The maximum atomic E-state index is 13.1. The van der Waals surface area contributed by atoms with Gasteiger partial charge in [0.25, 0.3) is 0 Å². The number of H-pyrrole nitrogens is 1. The second-order valence-corrected chi connectivity index (χ2v) is 6.86. The van der Waals surface area contributed by atoms with Gasteiger partial charge >= 0.3 is 0 Å². The molecule has 25 heavy (non-hydrogen) atoms. The van der Waals surface area contributed by atoms with E-state index in [0.717, 1.165) is 29.8 Å². The van der Waals surface area contributed by atoms with E-state index in [1.54, 1.807) is 17.0 Å². The number of amides is 1. The van der Waals surface area contributed by atoms with Crippen LogP contribution in [0.25, 0.3) is 0 Å². The number of hydrogen-bond donors (Lipinski definition) is 2. The average Bonchev–Trinajstić information content (AvgIpc) is 3.37. The molecular formula is C19H24FN3O2. The van der Waals surface area contributed by atoms with E-state index in [1.165, 1.54) is 12.1 Å². The van der Waals surface area contributed by atoms with Crippen LogP contribution in [-0.2, 0) is 4.79 Å². The molecule has 2 N–H and O–H groups in total. The molecule has 1 heterocycles. The molecule has 1 amide bonds. The Bertz CT molecular complexity index is 733. The predicted molar refractivity (Wildman–Crippen MR) is 92.6 cm³/mol. The maximum Gasteiger partial charge on any atom is 0.230 e. The molecule has 1 fully saturated rings. The van der Waals surface area contributed by atoms with Crippen molar-refractivity contribution in [3.8, 4) is 0 Å². The summed E-state index contributed by atoms with van der Waals surface area (Å²) in [6.07, 6.45) is 1.08. The fraction of sp³-hybridized carbons (Fsp3) is 0.474. The van der Waals surface area contributed by atoms with E-state index in [9.17, 15) is 14.3 Å². The lowest BCUT2D eigenvalue weighted by Gasteiger charge is -2.28. The number of aromatic amines is 1. The molecule has 1 aromatic carbocycles. The van der Waals surface area contributed by atoms with Crippen molar-refractivity contribution < 1.29 is 14.3 Å². The van der Waals surface area contributed by atoms with Crippen molar-refractivity contribution in [1.82, 2.24) is 15.1 Å². The SMILES string of the molecule is Cc1n[nH]c(C)c1[C@@H](C)C(=O)N(C[C@@H](O)c1ccc(F)cc1)C1CC1. The lowest BCUT2D eigenvalue weighted by atomic mass is 9.97. The highest BCUT2D eigenvalue weighted by atomic mass is 19.1. The molecule has 1 saturated carbocycles. The fourth-order valence-corrected chi connectivity index (χ4v) is 3.35. The van der Waals surface area contributed by atoms with Gasteiger partial charge in [0.05, 0.1) is 24.3 Å². The van der Waals surface area contributed by atoms with Crippen LogP contribution in [0.15, 0.2) is 24.3 Å². The lowest BCUT2D eigenvalue weighted by Crippen LogP contribution is -2.39. The van der Waals surface area contributed by atoms with E-state index in [0.29, 0.717) is 5.56 Å². The Hall–Kier alpha value is -2.21. The molecular weight excluding hydrogens is 321 g/mol. The number of nitrogens with zero attached hydrogens (tertiary/aromatic N) is 2. The average molecular weight is 345 g/mol. The van der Waals surface area contributed by atoms with Crippen LogP contribution in [-0.4, -0.2) is 38.7 Å². The zero-order valence-corrected chi connectivity index (χ0v) is 14.8. The van der Waals surface area contributed by atoms with Crippen LogP contribution in [0.1, 0.15) is 54.3 Å². The van der Waals surface area contributed by atoms with E-state index in [2.05, 4.69) is 10.2 Å². The third kappa shape index (κ3) is 3.74. The van der Waals surface area contributed by atoms with Crippen LogP contribution in [0.2, 0.25) is 0 Å². The summed E-state index contributed by atoms with van der Waals surface area (Å²) in [6, 6.07) is 5.94. The quantitative estimate of drug-likeness (QED) is 0.846. The Balaban J connectivity index is 1.76. The number of aliphatic hydroxyl groups is 1. The molecule has 0 aliphatic heterocycles. The Kier molecular flexibility index (Phi) is 4.90. The van der Waals surface area contributed by atoms with E-state index >= 15 is 0 Å². The number of aliphatic hydroxyl groups excluding tert-OH is 1. The summed E-state index contributed by atoms with van der Waals surface area (Å²) in [5.41, 5.74) is 3.26. The topological polar surface area (TPSA) is 69.2 Å². The first-order valence-electron chi connectivity index (χ1n) is 8.64. The number of nitrogens with one attached hydrogen (secondary N) is 1. The van der Waals surface area contributed by atoms with Crippen molar-refractivity contribution in [3.63, 3.8) is 0 Å². The molecule has 0 unspecified atom stereocenters. The first kappa shape index (κ1) is 17.6. The third-order valence-electron chi connectivity index (χ3n) is 4.88. The molecule has 5 nitrogen and oxygen atoms in total. The summed E-state index contributed by atoms with van der Waals surface area (Å²) in [7, 11) is 0. The Morgan fingerprint density at radius 2 is 2.00 bits per heavy atom. The minimum atomic E-state index is -0.830. The summed E-state index contributed by atoms with van der Waals surface area (Å²) in [5.74, 6) is -0.665. The second-order valence-electron chi connectivity index (χ2n) is 6.86. The minimum absolute atomic E-state index is 0.00346. The first-order chi connectivity index (χ1) is 11.9. The van der Waals surface area contributed by atoms with Gasteiger partial charge in [-0.2, -0.15) is 5.10 Å². The second kappa shape index (κ2) is 6.96. The molecule has 2 atom stereocenters. The molecule has 1 aromatic heterocycles. The summed E-state index contributed by atoms with van der Waals surface area (Å²) in [6.45, 7) is 5.90. The van der Waals surface area contributed by atoms with E-state index < -0.39 is 6.10 Å². The van der Waals surface area contributed by atoms with E-state index in [1.807, 2.05) is 20.8 Å². The van der Waals surface area contributed by atoms with Crippen LogP contribution in [0.3, 0.4) is 0 Å². The Morgan fingerprint density at radius 3 is 2.52 bits per heavy atom. The maximum absolute atomic E-state index is 13.1. The molecule has 1 aliphatic rings. The molecule has 2 aromatic rings. The van der Waals surface area contributed by atoms with E-state index in [-0.39, 0.29) is 30.2 Å². The van der Waals surface area contributed by atoms with Gasteiger partial charge in [0.1, 0.15) is 5.82 Å². The van der Waals surface area contributed by atoms with Crippen molar-refractivity contribution in [3.05, 3.63) is 52.6 Å². The largest absolute Gasteiger partial charge is 0.387 e. The molecule has 6 heteroatoms. The van der Waals surface area contributed by atoms with Crippen LogP contribution in [0, 0.1) is 19.7 Å². The normalized spacial score (nSPS) is 16.5. The Labute approximate surface area is 146 Å². The van der Waals surface area contributed by atoms with Crippen molar-refractivity contribution in [1.29, 1.82) is 0 Å². The molecule has 0 radical (unpaired) electrons. The number of rotatable bonds is 6. The number of aryl methyl sites for hydroxylation is 2. The van der Waals surface area contributed by atoms with Gasteiger partial charge in [-0.1, -0.05) is 12.1 Å². The number of aromatic nitrogens is 2. The number of carbonyl (C=O) groups excluding carboxylic acids is 1. The van der Waals surface area contributed by atoms with E-state index in [4.69, 9.17) is 0 Å². The summed E-state index contributed by atoms with van der Waals surface area (Å²) in [5, 5.41) is 17.6. The van der Waals surface area contributed by atoms with Crippen LogP contribution in [0.5, 0.6) is 0 Å². The lowest BCUT2D eigenvalue weighted by molar-refractivity contribution is -0.134. The Morgan fingerprint density at radius 1 is 1.36 bits per heavy atom. The van der Waals surface area contributed by atoms with Crippen molar-refractivity contribution in [2.45, 2.75) is 51.7 Å². The highest BCUT2D eigenvalue weighted by molar-refractivity contribution is 5.84. The van der Waals surface area contributed by atoms with Gasteiger partial charge in [0.2, 0.25) is 5.91 Å². The summed E-state index contributed by atoms with van der Waals surface area (Å²) in [4.78, 5) is 14.8. The van der Waals surface area contributed by atoms with Gasteiger partial charge in [-0.15, -0.1) is 0 Å². The van der Waals surface area contributed by atoms with Crippen molar-refractivity contribution in [2.24, 2.45) is 0 Å². The summed E-state index contributed by atoms with van der Waals surface area (Å²) < 4.78 is 13.1. The number of halogens is 1. The third-order valence-corrected chi connectivity index (χ3v) is 4.88. The summed E-state index contributed by atoms with van der Waals surface area (Å²) >= 11 is 0. The monoisotopic (exact) mass is 345 g/mol. The van der Waals surface area contributed by atoms with Crippen LogP contribution in [0.4, 0.5) is 4.39 Å². The van der Waals surface area contributed by atoms with Gasteiger partial charge in [0, 0.05) is 17.3 Å². The first-order valence-corrected chi connectivity index (χ1v) is 8.64. The fourth-order valence-electron chi connectivity index (χ4n) is 3.35. The smallest absolute Gasteiger partial charge is 0.230 e. The molecule has 0 saturated heterocycles. The zero-order valence-electron chi connectivity index (χ0n) is 14.8. The highest BCUT2D eigenvalue weighted by Crippen LogP contribution is 2.33. The molecule has 0 bridgehead atoms. The minimum Gasteiger partial charge on any atom is -0.387 e. The van der Waals surface area contributed by atoms with Crippen LogP contribution < -0.4 is 0 Å². The van der Waals surface area contributed by atoms with Gasteiger partial charge in [-0.3, -0.25) is 9.89 Å². The van der Waals surface area contributed by atoms with Gasteiger partial charge in [0.15, 0.2) is 0 Å².